The zero-order valence-electron chi connectivity index (χ0n) is 5.28. The fraction of sp³-hybridized carbons (Fsp3) is 1.00. The second-order valence-electron chi connectivity index (χ2n) is 1.68. The van der Waals surface area contributed by atoms with Crippen LogP contribution >= 0.6 is 0 Å². The topological polar surface area (TPSA) is 66.8 Å². The maximum atomic E-state index is 10.0. The molecule has 0 aliphatic heterocycles. The molecule has 0 aromatic carbocycles. The van der Waals surface area contributed by atoms with E-state index in [1.165, 1.54) is 0 Å². The molecule has 0 aromatic heterocycles. The molecule has 0 spiro atoms. The monoisotopic (exact) mass is 174 g/mol. The van der Waals surface area contributed by atoms with Crippen LogP contribution in [0.2, 0.25) is 0 Å². The summed E-state index contributed by atoms with van der Waals surface area (Å²) >= 11 is -4.74. The average molecular weight is 174 g/mol. The summed E-state index contributed by atoms with van der Waals surface area (Å²) in [6, 6.07) is 0. The molecule has 0 amide bonds. The van der Waals surface area contributed by atoms with E-state index in [1.807, 2.05) is 6.92 Å². The van der Waals surface area contributed by atoms with Gasteiger partial charge in [-0.1, -0.05) is 0 Å². The minimum atomic E-state index is -4.74. The Balaban J connectivity index is 3.18. The standard InChI is InChI=1S/C4H9O.2H2O.O.V/c1-2-3-4-5;;;;/h2-4H2,1H3;2*1H2;;/q-1;;;;+3/p-2. The summed E-state index contributed by atoms with van der Waals surface area (Å²) in [5.41, 5.74) is 0. The van der Waals surface area contributed by atoms with Crippen molar-refractivity contribution >= 4 is 0 Å². The Hall–Kier alpha value is 0.264. The summed E-state index contributed by atoms with van der Waals surface area (Å²) in [6.45, 7) is 2.09. The predicted octanol–water partition coefficient (Wildman–Crippen LogP) is 0.0321. The Labute approximate surface area is 57.4 Å². The van der Waals surface area contributed by atoms with Crippen molar-refractivity contribution in [3.63, 3.8) is 0 Å². The van der Waals surface area contributed by atoms with Crippen LogP contribution in [-0.4, -0.2) is 14.7 Å². The Bertz CT molecular complexity index is 107. The molecule has 0 aliphatic carbocycles. The van der Waals surface area contributed by atoms with Crippen LogP contribution in [0.3, 0.4) is 0 Å². The van der Waals surface area contributed by atoms with Gasteiger partial charge in [0.25, 0.3) is 0 Å². The fourth-order valence-corrected chi connectivity index (χ4v) is 0.901. The molecule has 0 aromatic rings. The molecule has 0 rings (SSSR count). The van der Waals surface area contributed by atoms with E-state index in [0.717, 1.165) is 6.42 Å². The molecule has 0 aliphatic rings. The molecule has 0 heterocycles. The van der Waals surface area contributed by atoms with Crippen LogP contribution in [0.25, 0.3) is 0 Å². The summed E-state index contributed by atoms with van der Waals surface area (Å²) in [6.07, 6.45) is 1.59. The number of rotatable bonds is 4. The summed E-state index contributed by atoms with van der Waals surface area (Å²) in [4.78, 5) is 0. The third-order valence-corrected chi connectivity index (χ3v) is 1.57. The van der Waals surface area contributed by atoms with E-state index in [9.17, 15) is 3.67 Å². The van der Waals surface area contributed by atoms with E-state index in [4.69, 9.17) is 8.06 Å². The maximum absolute atomic E-state index is 10.0. The van der Waals surface area contributed by atoms with Gasteiger partial charge in [-0.15, -0.1) is 0 Å². The molecule has 56 valence electrons. The van der Waals surface area contributed by atoms with Gasteiger partial charge in [0.15, 0.2) is 0 Å². The molecule has 0 unspecified atom stereocenters. The fourth-order valence-electron chi connectivity index (χ4n) is 0.328. The van der Waals surface area contributed by atoms with Crippen molar-refractivity contribution in [2.24, 2.45) is 0 Å². The second-order valence-corrected chi connectivity index (χ2v) is 3.61. The van der Waals surface area contributed by atoms with Crippen LogP contribution in [0.4, 0.5) is 0 Å². The van der Waals surface area contributed by atoms with Crippen LogP contribution in [-0.2, 0) is 22.4 Å². The molecule has 0 atom stereocenters. The van der Waals surface area contributed by atoms with Gasteiger partial charge >= 0.3 is 56.8 Å². The van der Waals surface area contributed by atoms with Gasteiger partial charge in [0.1, 0.15) is 0 Å². The Kier molecular flexibility index (Phi) is 4.26. The molecular weight excluding hydrogens is 163 g/mol. The summed E-state index contributed by atoms with van der Waals surface area (Å²) < 4.78 is 30.6. The van der Waals surface area contributed by atoms with Crippen molar-refractivity contribution in [3.05, 3.63) is 0 Å². The van der Waals surface area contributed by atoms with Crippen LogP contribution in [0.15, 0.2) is 0 Å². The molecule has 5 heteroatoms. The van der Waals surface area contributed by atoms with E-state index in [2.05, 4.69) is 3.66 Å². The number of hydrogen-bond donors (Lipinski definition) is 2. The first-order chi connectivity index (χ1) is 4.06. The first kappa shape index (κ1) is 9.26. The van der Waals surface area contributed by atoms with Crippen molar-refractivity contribution in [2.45, 2.75) is 19.8 Å². The van der Waals surface area contributed by atoms with Crippen LogP contribution in [0.1, 0.15) is 19.8 Å². The molecule has 0 radical (unpaired) electrons. The molecule has 9 heavy (non-hydrogen) atoms. The Morgan fingerprint density at radius 2 is 2.11 bits per heavy atom. The number of unbranched alkanes of at least 4 members (excludes halogenated alkanes) is 1. The van der Waals surface area contributed by atoms with Crippen molar-refractivity contribution in [2.75, 3.05) is 6.61 Å². The first-order valence-corrected chi connectivity index (χ1v) is 5.15. The Morgan fingerprint density at radius 3 is 2.44 bits per heavy atom. The Morgan fingerprint density at radius 1 is 1.56 bits per heavy atom. The summed E-state index contributed by atoms with van der Waals surface area (Å²) in [7, 11) is 0. The van der Waals surface area contributed by atoms with Crippen LogP contribution in [0.5, 0.6) is 0 Å². The molecule has 0 saturated heterocycles. The van der Waals surface area contributed by atoms with E-state index >= 15 is 0 Å². The molecule has 0 bridgehead atoms. The molecular formula is C4H11O4V. The second kappa shape index (κ2) is 4.14. The van der Waals surface area contributed by atoms with Gasteiger partial charge in [0, 0.05) is 0 Å². The molecule has 4 nitrogen and oxygen atoms in total. The van der Waals surface area contributed by atoms with Crippen LogP contribution in [0, 0.1) is 0 Å². The normalized spacial score (nSPS) is 11.9. The van der Waals surface area contributed by atoms with E-state index in [1.54, 1.807) is 0 Å². The third kappa shape index (κ3) is 8.26. The van der Waals surface area contributed by atoms with Crippen LogP contribution < -0.4 is 0 Å². The number of hydrogen-bond acceptors (Lipinski definition) is 2. The molecule has 2 N–H and O–H groups in total. The minimum absolute atomic E-state index is 0.167. The average Bonchev–Trinajstić information content (AvgIpc) is 1.63. The summed E-state index contributed by atoms with van der Waals surface area (Å²) in [5.74, 6) is 0. The zero-order chi connectivity index (χ0) is 7.33. The van der Waals surface area contributed by atoms with Crippen molar-refractivity contribution < 1.29 is 30.4 Å². The predicted molar refractivity (Wildman–Crippen MR) is 26.0 cm³/mol. The summed E-state index contributed by atoms with van der Waals surface area (Å²) in [5, 5.41) is 0. The van der Waals surface area contributed by atoms with Crippen molar-refractivity contribution in [1.29, 1.82) is 0 Å². The van der Waals surface area contributed by atoms with Gasteiger partial charge in [-0.3, -0.25) is 0 Å². The van der Waals surface area contributed by atoms with Gasteiger partial charge in [-0.2, -0.15) is 0 Å². The van der Waals surface area contributed by atoms with Gasteiger partial charge in [0.05, 0.1) is 0 Å². The molecule has 0 saturated carbocycles. The van der Waals surface area contributed by atoms with Crippen molar-refractivity contribution in [3.8, 4) is 0 Å². The zero-order valence-corrected chi connectivity index (χ0v) is 6.68. The SMILES string of the molecule is CCCC[O][V](=[O])([OH])[OH]. The first-order valence-electron chi connectivity index (χ1n) is 2.76. The van der Waals surface area contributed by atoms with Crippen molar-refractivity contribution in [1.82, 2.24) is 0 Å². The van der Waals surface area contributed by atoms with E-state index in [-0.39, 0.29) is 6.61 Å². The van der Waals surface area contributed by atoms with E-state index in [0.29, 0.717) is 6.42 Å². The van der Waals surface area contributed by atoms with Gasteiger partial charge in [-0.25, -0.2) is 0 Å². The van der Waals surface area contributed by atoms with Gasteiger partial charge < -0.3 is 0 Å². The van der Waals surface area contributed by atoms with Gasteiger partial charge in [-0.05, 0) is 0 Å². The van der Waals surface area contributed by atoms with Gasteiger partial charge in [0.2, 0.25) is 0 Å². The van der Waals surface area contributed by atoms with E-state index < -0.39 is 15.0 Å². The quantitative estimate of drug-likeness (QED) is 0.590. The third-order valence-electron chi connectivity index (χ3n) is 0.757. The molecule has 0 fully saturated rings.